The average Bonchev–Trinajstić information content (AvgIpc) is 3.01. The van der Waals surface area contributed by atoms with Crippen LogP contribution in [0.15, 0.2) is 12.1 Å². The third kappa shape index (κ3) is 3.84. The second-order valence-corrected chi connectivity index (χ2v) is 6.04. The number of hydrogen-bond donors (Lipinski definition) is 1. The van der Waals surface area contributed by atoms with Crippen LogP contribution in [-0.4, -0.2) is 38.9 Å². The summed E-state index contributed by atoms with van der Waals surface area (Å²) in [6, 6.07) is 3.51. The van der Waals surface area contributed by atoms with E-state index in [2.05, 4.69) is 5.32 Å². The zero-order valence-electron chi connectivity index (χ0n) is 12.4. The number of halogens is 1. The molecule has 0 radical (unpaired) electrons. The fourth-order valence-corrected chi connectivity index (χ4v) is 2.92. The van der Waals surface area contributed by atoms with Crippen molar-refractivity contribution in [1.29, 1.82) is 0 Å². The second-order valence-electron chi connectivity index (χ2n) is 5.63. The number of carbonyl (C=O) groups is 1. The lowest BCUT2D eigenvalue weighted by atomic mass is 10.1. The van der Waals surface area contributed by atoms with Crippen LogP contribution in [0.1, 0.15) is 18.4 Å². The molecular formula is C16H20ClNO4. The predicted molar refractivity (Wildman–Crippen MR) is 82.7 cm³/mol. The summed E-state index contributed by atoms with van der Waals surface area (Å²) in [7, 11) is 0. The van der Waals surface area contributed by atoms with Crippen LogP contribution in [0.25, 0.3) is 0 Å². The highest BCUT2D eigenvalue weighted by Gasteiger charge is 2.18. The van der Waals surface area contributed by atoms with Gasteiger partial charge in [-0.25, -0.2) is 0 Å². The Hall–Kier alpha value is -1.46. The maximum Gasteiger partial charge on any atom is 0.224 e. The summed E-state index contributed by atoms with van der Waals surface area (Å²) < 4.78 is 16.3. The number of nitrogens with one attached hydrogen (secondary N) is 1. The van der Waals surface area contributed by atoms with E-state index >= 15 is 0 Å². The first-order chi connectivity index (χ1) is 10.7. The highest BCUT2D eigenvalue weighted by atomic mass is 35.5. The highest BCUT2D eigenvalue weighted by molar-refractivity contribution is 6.31. The molecular weight excluding hydrogens is 306 g/mol. The Morgan fingerprint density at radius 2 is 2.00 bits per heavy atom. The zero-order chi connectivity index (χ0) is 15.4. The van der Waals surface area contributed by atoms with Crippen molar-refractivity contribution >= 4 is 17.5 Å². The number of ether oxygens (including phenoxy) is 3. The molecule has 0 aliphatic carbocycles. The van der Waals surface area contributed by atoms with E-state index in [4.69, 9.17) is 25.8 Å². The number of benzene rings is 1. The Kier molecular flexibility index (Phi) is 5.05. The second kappa shape index (κ2) is 7.20. The lowest BCUT2D eigenvalue weighted by molar-refractivity contribution is -0.120. The summed E-state index contributed by atoms with van der Waals surface area (Å²) in [6.07, 6.45) is 2.29. The van der Waals surface area contributed by atoms with Gasteiger partial charge in [0.25, 0.3) is 0 Å². The van der Waals surface area contributed by atoms with Crippen LogP contribution in [0, 0.1) is 5.92 Å². The standard InChI is InChI=1S/C16H20ClNO4/c17-13-9-15-14(21-5-6-22-15)7-12(13)8-16(19)18-3-1-11-2-4-20-10-11/h7,9,11H,1-6,8,10H2,(H,18,19). The fourth-order valence-electron chi connectivity index (χ4n) is 2.70. The van der Waals surface area contributed by atoms with Crippen LogP contribution in [-0.2, 0) is 16.0 Å². The summed E-state index contributed by atoms with van der Waals surface area (Å²) >= 11 is 6.21. The van der Waals surface area contributed by atoms with Crippen LogP contribution in [0.4, 0.5) is 0 Å². The van der Waals surface area contributed by atoms with E-state index in [1.807, 2.05) is 0 Å². The Morgan fingerprint density at radius 1 is 1.23 bits per heavy atom. The van der Waals surface area contributed by atoms with Crippen LogP contribution in [0.5, 0.6) is 11.5 Å². The van der Waals surface area contributed by atoms with Gasteiger partial charge in [-0.2, -0.15) is 0 Å². The molecule has 1 saturated heterocycles. The van der Waals surface area contributed by atoms with E-state index < -0.39 is 0 Å². The molecule has 2 aliphatic rings. The molecule has 6 heteroatoms. The highest BCUT2D eigenvalue weighted by Crippen LogP contribution is 2.35. The van der Waals surface area contributed by atoms with Crippen LogP contribution in [0.2, 0.25) is 5.02 Å². The van der Waals surface area contributed by atoms with Gasteiger partial charge < -0.3 is 19.5 Å². The number of carbonyl (C=O) groups excluding carboxylic acids is 1. The van der Waals surface area contributed by atoms with Gasteiger partial charge >= 0.3 is 0 Å². The largest absolute Gasteiger partial charge is 0.486 e. The van der Waals surface area contributed by atoms with Crippen molar-refractivity contribution in [3.8, 4) is 11.5 Å². The van der Waals surface area contributed by atoms with E-state index in [0.717, 1.165) is 31.6 Å². The first kappa shape index (κ1) is 15.4. The third-order valence-corrected chi connectivity index (χ3v) is 4.31. The normalized spacial score (nSPS) is 20.0. The van der Waals surface area contributed by atoms with E-state index in [9.17, 15) is 4.79 Å². The fraction of sp³-hybridized carbons (Fsp3) is 0.562. The summed E-state index contributed by atoms with van der Waals surface area (Å²) in [4.78, 5) is 12.0. The maximum absolute atomic E-state index is 12.0. The van der Waals surface area contributed by atoms with Gasteiger partial charge in [-0.1, -0.05) is 11.6 Å². The van der Waals surface area contributed by atoms with Crippen LogP contribution < -0.4 is 14.8 Å². The van der Waals surface area contributed by atoms with Gasteiger partial charge in [0.2, 0.25) is 5.91 Å². The zero-order valence-corrected chi connectivity index (χ0v) is 13.2. The van der Waals surface area contributed by atoms with Gasteiger partial charge in [0.1, 0.15) is 13.2 Å². The van der Waals surface area contributed by atoms with Gasteiger partial charge in [-0.15, -0.1) is 0 Å². The monoisotopic (exact) mass is 325 g/mol. The van der Waals surface area contributed by atoms with Gasteiger partial charge in [0, 0.05) is 30.8 Å². The summed E-state index contributed by atoms with van der Waals surface area (Å²) in [5.41, 5.74) is 0.757. The molecule has 1 atom stereocenters. The van der Waals surface area contributed by atoms with Crippen molar-refractivity contribution in [3.05, 3.63) is 22.7 Å². The first-order valence-corrected chi connectivity index (χ1v) is 8.02. The number of rotatable bonds is 5. The minimum Gasteiger partial charge on any atom is -0.486 e. The van der Waals surface area contributed by atoms with E-state index in [-0.39, 0.29) is 12.3 Å². The molecule has 2 aliphatic heterocycles. The molecule has 0 saturated carbocycles. The van der Waals surface area contributed by atoms with E-state index in [1.54, 1.807) is 12.1 Å². The van der Waals surface area contributed by atoms with Crippen molar-refractivity contribution in [2.45, 2.75) is 19.3 Å². The molecule has 2 heterocycles. The molecule has 1 aromatic carbocycles. The van der Waals surface area contributed by atoms with Gasteiger partial charge in [0.15, 0.2) is 11.5 Å². The van der Waals surface area contributed by atoms with Crippen molar-refractivity contribution in [3.63, 3.8) is 0 Å². The van der Waals surface area contributed by atoms with Gasteiger partial charge in [-0.05, 0) is 30.4 Å². The number of fused-ring (bicyclic) bond motifs is 1. The molecule has 3 rings (SSSR count). The van der Waals surface area contributed by atoms with E-state index in [0.29, 0.717) is 42.2 Å². The smallest absolute Gasteiger partial charge is 0.224 e. The summed E-state index contributed by atoms with van der Waals surface area (Å²) in [5.74, 6) is 1.83. The number of amides is 1. The Bertz CT molecular complexity index is 543. The first-order valence-electron chi connectivity index (χ1n) is 7.65. The lowest BCUT2D eigenvalue weighted by Gasteiger charge is -2.19. The molecule has 120 valence electrons. The van der Waals surface area contributed by atoms with Crippen molar-refractivity contribution < 1.29 is 19.0 Å². The lowest BCUT2D eigenvalue weighted by Crippen LogP contribution is -2.27. The SMILES string of the molecule is O=C(Cc1cc2c(cc1Cl)OCCO2)NCCC1CCOC1. The molecule has 1 fully saturated rings. The molecule has 1 amide bonds. The molecule has 1 N–H and O–H groups in total. The molecule has 0 spiro atoms. The average molecular weight is 326 g/mol. The maximum atomic E-state index is 12.0. The topological polar surface area (TPSA) is 56.8 Å². The van der Waals surface area contributed by atoms with Crippen LogP contribution >= 0.6 is 11.6 Å². The molecule has 22 heavy (non-hydrogen) atoms. The van der Waals surface area contributed by atoms with Gasteiger partial charge in [0.05, 0.1) is 6.42 Å². The minimum atomic E-state index is -0.0301. The minimum absolute atomic E-state index is 0.0301. The molecule has 1 aromatic rings. The molecule has 0 bridgehead atoms. The van der Waals surface area contributed by atoms with Crippen molar-refractivity contribution in [2.24, 2.45) is 5.92 Å². The molecule has 1 unspecified atom stereocenters. The Morgan fingerprint density at radius 3 is 2.73 bits per heavy atom. The van der Waals surface area contributed by atoms with E-state index in [1.165, 1.54) is 0 Å². The quantitative estimate of drug-likeness (QED) is 0.901. The van der Waals surface area contributed by atoms with Crippen LogP contribution in [0.3, 0.4) is 0 Å². The number of hydrogen-bond acceptors (Lipinski definition) is 4. The van der Waals surface area contributed by atoms with Gasteiger partial charge in [-0.3, -0.25) is 4.79 Å². The van der Waals surface area contributed by atoms with Crippen molar-refractivity contribution in [2.75, 3.05) is 33.0 Å². The summed E-state index contributed by atoms with van der Waals surface area (Å²) in [6.45, 7) is 3.36. The summed E-state index contributed by atoms with van der Waals surface area (Å²) in [5, 5.41) is 3.47. The Balaban J connectivity index is 1.52. The molecule has 0 aromatic heterocycles. The van der Waals surface area contributed by atoms with Crippen molar-refractivity contribution in [1.82, 2.24) is 5.32 Å². The predicted octanol–water partition coefficient (Wildman–Crippen LogP) is 2.20. The third-order valence-electron chi connectivity index (χ3n) is 3.96. The molecule has 5 nitrogen and oxygen atoms in total. The Labute approximate surface area is 134 Å².